The van der Waals surface area contributed by atoms with Crippen molar-refractivity contribution in [3.05, 3.63) is 180 Å². The summed E-state index contributed by atoms with van der Waals surface area (Å²) in [5, 5.41) is 2.60. The van der Waals surface area contributed by atoms with E-state index in [1.165, 1.54) is 66.6 Å². The smallest absolute Gasteiger partial charge is 0.0538 e. The fraction of sp³-hybridized carbons (Fsp3) is 0.130. The summed E-state index contributed by atoms with van der Waals surface area (Å²) in [6.45, 7) is 4.74. The first kappa shape index (κ1) is 28.6. The third-order valence-corrected chi connectivity index (χ3v) is 10.6. The molecule has 1 aromatic heterocycles. The maximum Gasteiger partial charge on any atom is 0.0538 e. The average molecular weight is 619 g/mol. The van der Waals surface area contributed by atoms with Crippen LogP contribution in [0.2, 0.25) is 0 Å². The Balaban J connectivity index is 1.13. The van der Waals surface area contributed by atoms with Crippen LogP contribution in [0.15, 0.2) is 169 Å². The van der Waals surface area contributed by atoms with Gasteiger partial charge in [-0.25, -0.2) is 0 Å². The molecule has 0 amide bonds. The zero-order valence-corrected chi connectivity index (χ0v) is 27.5. The molecule has 1 heterocycles. The number of benzene rings is 5. The average Bonchev–Trinajstić information content (AvgIpc) is 3.32. The Kier molecular flexibility index (Phi) is 6.72. The molecule has 0 fully saturated rings. The van der Waals surface area contributed by atoms with Crippen molar-refractivity contribution in [1.29, 1.82) is 0 Å². The number of aromatic nitrogens is 1. The van der Waals surface area contributed by atoms with E-state index in [1.807, 2.05) is 0 Å². The SMILES string of the molecule is CC1(C)C2=CC(N(c3ccccc3)c3ccc(-c4ccc5c(c4)c4ccccc4n5C4=CC=CCC4)cc3)=CC=C(C2)c2ccccc21. The third kappa shape index (κ3) is 4.63. The van der Waals surface area contributed by atoms with E-state index in [4.69, 9.17) is 0 Å². The van der Waals surface area contributed by atoms with Crippen LogP contribution in [0.3, 0.4) is 0 Å². The summed E-state index contributed by atoms with van der Waals surface area (Å²) >= 11 is 0. The second-order valence-corrected chi connectivity index (χ2v) is 13.7. The fourth-order valence-electron chi connectivity index (χ4n) is 8.00. The lowest BCUT2D eigenvalue weighted by molar-refractivity contribution is 0.598. The monoisotopic (exact) mass is 618 g/mol. The van der Waals surface area contributed by atoms with Crippen LogP contribution in [0.1, 0.15) is 44.2 Å². The molecule has 0 atom stereocenters. The van der Waals surface area contributed by atoms with Gasteiger partial charge in [0.15, 0.2) is 0 Å². The summed E-state index contributed by atoms with van der Waals surface area (Å²) in [7, 11) is 0. The minimum atomic E-state index is -0.0461. The van der Waals surface area contributed by atoms with Crippen molar-refractivity contribution < 1.29 is 0 Å². The molecule has 3 aliphatic carbocycles. The Hall–Kier alpha value is -5.60. The molecule has 0 unspecified atom stereocenters. The Labute approximate surface area is 283 Å². The number of rotatable bonds is 5. The van der Waals surface area contributed by atoms with Crippen LogP contribution in [-0.2, 0) is 5.41 Å². The van der Waals surface area contributed by atoms with Gasteiger partial charge in [0, 0.05) is 39.0 Å². The van der Waals surface area contributed by atoms with Gasteiger partial charge < -0.3 is 9.47 Å². The lowest BCUT2D eigenvalue weighted by atomic mass is 9.67. The molecule has 5 aromatic carbocycles. The van der Waals surface area contributed by atoms with E-state index < -0.39 is 0 Å². The van der Waals surface area contributed by atoms with E-state index in [9.17, 15) is 0 Å². The quantitative estimate of drug-likeness (QED) is 0.187. The van der Waals surface area contributed by atoms with E-state index in [2.05, 4.69) is 181 Å². The van der Waals surface area contributed by atoms with Gasteiger partial charge in [-0.15, -0.1) is 0 Å². The summed E-state index contributed by atoms with van der Waals surface area (Å²) in [5.41, 5.74) is 15.4. The van der Waals surface area contributed by atoms with Gasteiger partial charge in [-0.1, -0.05) is 117 Å². The van der Waals surface area contributed by atoms with Crippen LogP contribution in [0.5, 0.6) is 0 Å². The van der Waals surface area contributed by atoms with Crippen molar-refractivity contribution in [3.8, 4) is 11.1 Å². The lowest BCUT2D eigenvalue weighted by Crippen LogP contribution is -2.27. The molecular formula is C46H38N2. The molecule has 3 aliphatic rings. The minimum absolute atomic E-state index is 0.0461. The molecule has 2 heteroatoms. The van der Waals surface area contributed by atoms with Crippen LogP contribution in [0.25, 0.3) is 44.2 Å². The van der Waals surface area contributed by atoms with Crippen LogP contribution in [-0.4, -0.2) is 4.57 Å². The number of para-hydroxylation sites is 2. The number of hydrogen-bond donors (Lipinski definition) is 0. The van der Waals surface area contributed by atoms with Crippen LogP contribution >= 0.6 is 0 Å². The highest BCUT2D eigenvalue weighted by Gasteiger charge is 2.35. The molecule has 2 bridgehead atoms. The van der Waals surface area contributed by atoms with Crippen molar-refractivity contribution in [2.45, 2.75) is 38.5 Å². The van der Waals surface area contributed by atoms with E-state index in [1.54, 1.807) is 0 Å². The summed E-state index contributed by atoms with van der Waals surface area (Å²) < 4.78 is 2.46. The summed E-state index contributed by atoms with van der Waals surface area (Å²) in [6.07, 6.45) is 16.9. The highest BCUT2D eigenvalue weighted by atomic mass is 15.1. The van der Waals surface area contributed by atoms with Gasteiger partial charge in [0.05, 0.1) is 11.0 Å². The summed E-state index contributed by atoms with van der Waals surface area (Å²) in [5.74, 6) is 0. The zero-order chi connectivity index (χ0) is 32.2. The molecule has 0 saturated carbocycles. The highest BCUT2D eigenvalue weighted by molar-refractivity contribution is 6.11. The highest BCUT2D eigenvalue weighted by Crippen LogP contribution is 2.48. The molecule has 0 radical (unpaired) electrons. The van der Waals surface area contributed by atoms with Crippen LogP contribution in [0.4, 0.5) is 11.4 Å². The molecule has 0 saturated heterocycles. The molecular weight excluding hydrogens is 581 g/mol. The molecule has 48 heavy (non-hydrogen) atoms. The molecule has 0 aliphatic heterocycles. The maximum atomic E-state index is 2.46. The van der Waals surface area contributed by atoms with Gasteiger partial charge in [0.1, 0.15) is 0 Å². The normalized spacial score (nSPS) is 16.5. The van der Waals surface area contributed by atoms with Gasteiger partial charge in [0.25, 0.3) is 0 Å². The molecule has 2 nitrogen and oxygen atoms in total. The predicted octanol–water partition coefficient (Wildman–Crippen LogP) is 12.4. The zero-order valence-electron chi connectivity index (χ0n) is 27.5. The fourth-order valence-corrected chi connectivity index (χ4v) is 8.00. The Morgan fingerprint density at radius 1 is 0.646 bits per heavy atom. The topological polar surface area (TPSA) is 8.17 Å². The van der Waals surface area contributed by atoms with Gasteiger partial charge >= 0.3 is 0 Å². The number of hydrogen-bond acceptors (Lipinski definition) is 1. The van der Waals surface area contributed by atoms with Gasteiger partial charge in [-0.05, 0) is 108 Å². The maximum absolute atomic E-state index is 2.46. The molecule has 0 N–H and O–H groups in total. The first-order valence-electron chi connectivity index (χ1n) is 17.1. The van der Waals surface area contributed by atoms with Crippen molar-refractivity contribution in [2.24, 2.45) is 0 Å². The Bertz CT molecular complexity index is 2370. The van der Waals surface area contributed by atoms with Crippen LogP contribution < -0.4 is 4.90 Å². The van der Waals surface area contributed by atoms with E-state index in [0.717, 1.165) is 30.6 Å². The minimum Gasteiger partial charge on any atom is -0.313 e. The van der Waals surface area contributed by atoms with Crippen molar-refractivity contribution in [3.63, 3.8) is 0 Å². The van der Waals surface area contributed by atoms with E-state index in [0.29, 0.717) is 0 Å². The molecule has 6 aromatic rings. The Morgan fingerprint density at radius 2 is 1.38 bits per heavy atom. The van der Waals surface area contributed by atoms with Crippen molar-refractivity contribution >= 4 is 44.5 Å². The van der Waals surface area contributed by atoms with Crippen molar-refractivity contribution in [1.82, 2.24) is 4.57 Å². The first-order valence-corrected chi connectivity index (χ1v) is 17.1. The molecule has 0 spiro atoms. The number of nitrogens with zero attached hydrogens (tertiary/aromatic N) is 2. The number of anilines is 2. The first-order chi connectivity index (χ1) is 23.6. The second kappa shape index (κ2) is 11.3. The molecule has 9 rings (SSSR count). The van der Waals surface area contributed by atoms with Gasteiger partial charge in [-0.2, -0.15) is 0 Å². The number of allylic oxidation sites excluding steroid dienone is 9. The van der Waals surface area contributed by atoms with E-state index in [-0.39, 0.29) is 5.41 Å². The van der Waals surface area contributed by atoms with Crippen molar-refractivity contribution in [2.75, 3.05) is 4.90 Å². The largest absolute Gasteiger partial charge is 0.313 e. The molecule has 232 valence electrons. The van der Waals surface area contributed by atoms with Gasteiger partial charge in [0.2, 0.25) is 0 Å². The summed E-state index contributed by atoms with van der Waals surface area (Å²) in [6, 6.07) is 44.6. The standard InChI is InChI=1S/C46H38N2/c1-46(2)35-29-34(40-17-9-11-19-43(40)46)23-27-39(31-35)47(36-13-5-3-6-14-36)38-25-21-32(22-26-38)33-24-28-45-42(30-33)41-18-10-12-20-44(41)48(45)37-15-7-4-8-16-37/h3-7,9-15,17-28,30-31H,8,16,29H2,1-2H3. The van der Waals surface area contributed by atoms with E-state index >= 15 is 0 Å². The third-order valence-electron chi connectivity index (χ3n) is 10.6. The lowest BCUT2D eigenvalue weighted by Gasteiger charge is -2.37. The van der Waals surface area contributed by atoms with Gasteiger partial charge in [-0.3, -0.25) is 0 Å². The second-order valence-electron chi connectivity index (χ2n) is 13.7. The Morgan fingerprint density at radius 3 is 2.21 bits per heavy atom. The number of fused-ring (bicyclic) bond motifs is 7. The summed E-state index contributed by atoms with van der Waals surface area (Å²) in [4.78, 5) is 2.40. The predicted molar refractivity (Wildman–Crippen MR) is 204 cm³/mol. The van der Waals surface area contributed by atoms with Crippen LogP contribution in [0, 0.1) is 0 Å².